The van der Waals surface area contributed by atoms with Crippen molar-refractivity contribution in [3.63, 3.8) is 0 Å². The molecule has 3 aromatic rings. The number of carbonyl (C=O) groups excluding carboxylic acids is 1. The Morgan fingerprint density at radius 1 is 0.862 bits per heavy atom. The highest BCUT2D eigenvalue weighted by atomic mass is 16.5. The molecule has 5 heteroatoms. The average molecular weight is 393 g/mol. The topological polar surface area (TPSA) is 48.0 Å². The Kier molecular flexibility index (Phi) is 6.60. The lowest BCUT2D eigenvalue weighted by Crippen LogP contribution is -2.34. The lowest BCUT2D eigenvalue weighted by atomic mass is 9.96. The summed E-state index contributed by atoms with van der Waals surface area (Å²) in [6, 6.07) is 19.5. The van der Waals surface area contributed by atoms with E-state index in [2.05, 4.69) is 6.07 Å². The Hall–Kier alpha value is -3.21. The molecule has 5 nitrogen and oxygen atoms in total. The van der Waals surface area contributed by atoms with E-state index in [1.54, 1.807) is 19.1 Å². The van der Waals surface area contributed by atoms with E-state index in [0.717, 1.165) is 33.6 Å². The molecule has 0 spiro atoms. The minimum atomic E-state index is -0.229. The fraction of sp³-hybridized carbons (Fsp3) is 0.292. The molecule has 0 unspecified atom stereocenters. The average Bonchev–Trinajstić information content (AvgIpc) is 2.77. The number of methoxy groups -OCH3 is 2. The van der Waals surface area contributed by atoms with Gasteiger partial charge in [0.25, 0.3) is 0 Å². The van der Waals surface area contributed by atoms with Crippen molar-refractivity contribution in [2.75, 3.05) is 34.4 Å². The van der Waals surface area contributed by atoms with Crippen LogP contribution >= 0.6 is 0 Å². The summed E-state index contributed by atoms with van der Waals surface area (Å²) in [7, 11) is 5.09. The van der Waals surface area contributed by atoms with Gasteiger partial charge in [-0.25, -0.2) is 0 Å². The molecule has 0 aromatic heterocycles. The molecule has 152 valence electrons. The number of benzene rings is 3. The molecule has 1 atom stereocenters. The Morgan fingerprint density at radius 3 is 2.14 bits per heavy atom. The van der Waals surface area contributed by atoms with Gasteiger partial charge in [0.15, 0.2) is 0 Å². The molecule has 0 saturated heterocycles. The van der Waals surface area contributed by atoms with Crippen LogP contribution in [0.4, 0.5) is 0 Å². The Morgan fingerprint density at radius 2 is 1.45 bits per heavy atom. The Labute approximate surface area is 171 Å². The minimum Gasteiger partial charge on any atom is -0.497 e. The van der Waals surface area contributed by atoms with Crippen molar-refractivity contribution in [2.24, 2.45) is 0 Å². The fourth-order valence-electron chi connectivity index (χ4n) is 3.19. The van der Waals surface area contributed by atoms with E-state index in [-0.39, 0.29) is 11.8 Å². The molecule has 0 aliphatic rings. The van der Waals surface area contributed by atoms with Crippen LogP contribution in [0, 0.1) is 0 Å². The van der Waals surface area contributed by atoms with Crippen molar-refractivity contribution >= 4 is 16.7 Å². The van der Waals surface area contributed by atoms with E-state index in [0.29, 0.717) is 13.2 Å². The van der Waals surface area contributed by atoms with Gasteiger partial charge in [-0.3, -0.25) is 4.79 Å². The number of carbonyl (C=O) groups is 1. The normalized spacial score (nSPS) is 11.7. The van der Waals surface area contributed by atoms with Crippen molar-refractivity contribution in [3.8, 4) is 17.2 Å². The van der Waals surface area contributed by atoms with Crippen LogP contribution in [-0.4, -0.2) is 45.2 Å². The summed E-state index contributed by atoms with van der Waals surface area (Å²) in [5.41, 5.74) is 0.996. The van der Waals surface area contributed by atoms with E-state index in [4.69, 9.17) is 14.2 Å². The van der Waals surface area contributed by atoms with E-state index in [1.807, 2.05) is 68.6 Å². The summed E-state index contributed by atoms with van der Waals surface area (Å²) in [5.74, 6) is 2.20. The second-order valence-electron chi connectivity index (χ2n) is 6.98. The molecule has 0 saturated carbocycles. The van der Waals surface area contributed by atoms with Crippen molar-refractivity contribution in [1.82, 2.24) is 4.90 Å². The second-order valence-corrected chi connectivity index (χ2v) is 6.98. The number of ether oxygens (including phenoxy) is 3. The molecular weight excluding hydrogens is 366 g/mol. The van der Waals surface area contributed by atoms with Crippen LogP contribution < -0.4 is 14.2 Å². The largest absolute Gasteiger partial charge is 0.497 e. The van der Waals surface area contributed by atoms with Gasteiger partial charge in [0.05, 0.1) is 26.7 Å². The van der Waals surface area contributed by atoms with Gasteiger partial charge in [-0.1, -0.05) is 24.3 Å². The monoisotopic (exact) mass is 393 g/mol. The molecule has 0 bridgehead atoms. The summed E-state index contributed by atoms with van der Waals surface area (Å²) in [5, 5.41) is 2.18. The van der Waals surface area contributed by atoms with Gasteiger partial charge in [0.2, 0.25) is 5.91 Å². The summed E-state index contributed by atoms with van der Waals surface area (Å²) >= 11 is 0. The molecule has 3 aromatic carbocycles. The highest BCUT2D eigenvalue weighted by molar-refractivity contribution is 5.88. The molecular formula is C24H27NO4. The fourth-order valence-corrected chi connectivity index (χ4v) is 3.19. The molecule has 3 rings (SSSR count). The van der Waals surface area contributed by atoms with Crippen molar-refractivity contribution < 1.29 is 19.0 Å². The van der Waals surface area contributed by atoms with E-state index in [9.17, 15) is 4.79 Å². The zero-order valence-corrected chi connectivity index (χ0v) is 17.3. The maximum atomic E-state index is 12.8. The Bertz CT molecular complexity index is 968. The van der Waals surface area contributed by atoms with E-state index in [1.165, 1.54) is 0 Å². The predicted molar refractivity (Wildman–Crippen MR) is 115 cm³/mol. The first kappa shape index (κ1) is 20.5. The van der Waals surface area contributed by atoms with Crippen molar-refractivity contribution in [2.45, 2.75) is 12.8 Å². The predicted octanol–water partition coefficient (Wildman–Crippen LogP) is 4.50. The number of hydrogen-bond acceptors (Lipinski definition) is 4. The molecule has 1 amide bonds. The standard InChI is InChI=1S/C24H27NO4/c1-17(18-5-6-20-16-23(28-4)8-7-19(20)15-18)24(26)25(2)13-14-29-22-11-9-21(27-3)10-12-22/h5-12,15-17H,13-14H2,1-4H3/t17-/m1/s1. The third-order valence-corrected chi connectivity index (χ3v) is 5.07. The number of rotatable bonds is 8. The molecule has 0 fully saturated rings. The molecule has 0 N–H and O–H groups in total. The Balaban J connectivity index is 1.58. The van der Waals surface area contributed by atoms with Crippen LogP contribution in [0.25, 0.3) is 10.8 Å². The summed E-state index contributed by atoms with van der Waals surface area (Å²) < 4.78 is 16.1. The zero-order chi connectivity index (χ0) is 20.8. The van der Waals surface area contributed by atoms with Crippen LogP contribution in [0.3, 0.4) is 0 Å². The summed E-state index contributed by atoms with van der Waals surface area (Å²) in [4.78, 5) is 14.6. The first-order valence-electron chi connectivity index (χ1n) is 9.61. The van der Waals surface area contributed by atoms with Crippen LogP contribution in [0.15, 0.2) is 60.7 Å². The van der Waals surface area contributed by atoms with Gasteiger partial charge in [0, 0.05) is 7.05 Å². The van der Waals surface area contributed by atoms with Gasteiger partial charge in [-0.05, 0) is 59.7 Å². The van der Waals surface area contributed by atoms with E-state index < -0.39 is 0 Å². The van der Waals surface area contributed by atoms with Gasteiger partial charge in [-0.2, -0.15) is 0 Å². The second kappa shape index (κ2) is 9.32. The molecule has 0 aliphatic heterocycles. The quantitative estimate of drug-likeness (QED) is 0.565. The summed E-state index contributed by atoms with van der Waals surface area (Å²) in [6.07, 6.45) is 0. The number of amides is 1. The molecule has 0 heterocycles. The molecule has 0 radical (unpaired) electrons. The maximum absolute atomic E-state index is 12.8. The van der Waals surface area contributed by atoms with E-state index >= 15 is 0 Å². The van der Waals surface area contributed by atoms with Gasteiger partial charge < -0.3 is 19.1 Å². The first-order chi connectivity index (χ1) is 14.0. The number of likely N-dealkylation sites (N-methyl/N-ethyl adjacent to an activating group) is 1. The lowest BCUT2D eigenvalue weighted by molar-refractivity contribution is -0.131. The summed E-state index contributed by atoms with van der Waals surface area (Å²) in [6.45, 7) is 2.88. The smallest absolute Gasteiger partial charge is 0.229 e. The van der Waals surface area contributed by atoms with Crippen LogP contribution in [0.1, 0.15) is 18.4 Å². The first-order valence-corrected chi connectivity index (χ1v) is 9.61. The minimum absolute atomic E-state index is 0.0659. The lowest BCUT2D eigenvalue weighted by Gasteiger charge is -2.22. The number of hydrogen-bond donors (Lipinski definition) is 0. The van der Waals surface area contributed by atoms with Crippen molar-refractivity contribution in [3.05, 3.63) is 66.2 Å². The van der Waals surface area contributed by atoms with Gasteiger partial charge in [0.1, 0.15) is 23.9 Å². The number of nitrogens with zero attached hydrogens (tertiary/aromatic N) is 1. The SMILES string of the molecule is COc1ccc(OCCN(C)C(=O)[C@H](C)c2ccc3cc(OC)ccc3c2)cc1. The maximum Gasteiger partial charge on any atom is 0.229 e. The molecule has 0 aliphatic carbocycles. The highest BCUT2D eigenvalue weighted by Crippen LogP contribution is 2.26. The third kappa shape index (κ3) is 4.99. The van der Waals surface area contributed by atoms with Gasteiger partial charge in [-0.15, -0.1) is 0 Å². The third-order valence-electron chi connectivity index (χ3n) is 5.07. The van der Waals surface area contributed by atoms with Crippen LogP contribution in [-0.2, 0) is 4.79 Å². The van der Waals surface area contributed by atoms with Gasteiger partial charge >= 0.3 is 0 Å². The molecule has 29 heavy (non-hydrogen) atoms. The van der Waals surface area contributed by atoms with Crippen molar-refractivity contribution in [1.29, 1.82) is 0 Å². The van der Waals surface area contributed by atoms with Crippen LogP contribution in [0.2, 0.25) is 0 Å². The zero-order valence-electron chi connectivity index (χ0n) is 17.3. The highest BCUT2D eigenvalue weighted by Gasteiger charge is 2.19. The number of fused-ring (bicyclic) bond motifs is 1. The van der Waals surface area contributed by atoms with Crippen LogP contribution in [0.5, 0.6) is 17.2 Å².